The number of hydrogen-bond donors (Lipinski definition) is 1. The van der Waals surface area contributed by atoms with Crippen LogP contribution in [-0.4, -0.2) is 26.1 Å². The molecule has 9 heteroatoms. The first-order chi connectivity index (χ1) is 11.5. The second kappa shape index (κ2) is 6.94. The number of carbonyl (C=O) groups excluding carboxylic acids is 1. The summed E-state index contributed by atoms with van der Waals surface area (Å²) in [5, 5.41) is 14.9. The number of rotatable bonds is 4. The van der Waals surface area contributed by atoms with Gasteiger partial charge in [0, 0.05) is 5.56 Å². The Morgan fingerprint density at radius 1 is 1.17 bits per heavy atom. The largest absolute Gasteiger partial charge is 0.323 e. The summed E-state index contributed by atoms with van der Waals surface area (Å²) in [7, 11) is 0. The van der Waals surface area contributed by atoms with Crippen molar-refractivity contribution in [1.82, 2.24) is 20.2 Å². The summed E-state index contributed by atoms with van der Waals surface area (Å²) in [5.74, 6) is -0.449. The van der Waals surface area contributed by atoms with Crippen LogP contribution in [-0.2, 0) is 11.3 Å². The molecule has 0 saturated carbocycles. The van der Waals surface area contributed by atoms with E-state index in [1.807, 2.05) is 0 Å². The van der Waals surface area contributed by atoms with Crippen molar-refractivity contribution in [2.75, 3.05) is 5.32 Å². The molecule has 0 fully saturated rings. The van der Waals surface area contributed by atoms with E-state index < -0.39 is 0 Å². The fourth-order valence-corrected chi connectivity index (χ4v) is 2.29. The number of aromatic nitrogens is 4. The van der Waals surface area contributed by atoms with Crippen molar-refractivity contribution in [2.45, 2.75) is 6.54 Å². The van der Waals surface area contributed by atoms with Crippen molar-refractivity contribution in [3.05, 3.63) is 58.3 Å². The first kappa shape index (κ1) is 16.4. The third-order valence-corrected chi connectivity index (χ3v) is 3.88. The van der Waals surface area contributed by atoms with Crippen LogP contribution in [0.15, 0.2) is 42.5 Å². The van der Waals surface area contributed by atoms with Gasteiger partial charge in [0.25, 0.3) is 0 Å². The van der Waals surface area contributed by atoms with Crippen molar-refractivity contribution in [3.8, 4) is 11.4 Å². The van der Waals surface area contributed by atoms with Crippen LogP contribution < -0.4 is 5.32 Å². The van der Waals surface area contributed by atoms with E-state index in [4.69, 9.17) is 23.2 Å². The lowest BCUT2D eigenvalue weighted by molar-refractivity contribution is -0.117. The molecule has 0 saturated heterocycles. The molecule has 6 nitrogen and oxygen atoms in total. The molecule has 3 rings (SSSR count). The van der Waals surface area contributed by atoms with Crippen LogP contribution in [0.4, 0.5) is 10.1 Å². The average molecular weight is 366 g/mol. The highest BCUT2D eigenvalue weighted by molar-refractivity contribution is 6.43. The van der Waals surface area contributed by atoms with E-state index >= 15 is 0 Å². The number of halogens is 3. The SMILES string of the molecule is O=C(Cn1nnc(-c2ccc(F)cc2)n1)Nc1cccc(Cl)c1Cl. The molecule has 0 bridgehead atoms. The van der Waals surface area contributed by atoms with Gasteiger partial charge in [-0.2, -0.15) is 4.80 Å². The molecule has 0 aliphatic heterocycles. The molecule has 1 amide bonds. The minimum Gasteiger partial charge on any atom is -0.323 e. The van der Waals surface area contributed by atoms with Gasteiger partial charge in [-0.3, -0.25) is 4.79 Å². The minimum absolute atomic E-state index is 0.156. The number of benzene rings is 2. The van der Waals surface area contributed by atoms with Crippen molar-refractivity contribution in [3.63, 3.8) is 0 Å². The molecule has 0 aliphatic carbocycles. The van der Waals surface area contributed by atoms with E-state index in [0.717, 1.165) is 4.80 Å². The van der Waals surface area contributed by atoms with Crippen LogP contribution in [0.5, 0.6) is 0 Å². The van der Waals surface area contributed by atoms with Crippen LogP contribution in [0.1, 0.15) is 0 Å². The number of amides is 1. The molecule has 0 radical (unpaired) electrons. The minimum atomic E-state index is -0.387. The number of hydrogen-bond acceptors (Lipinski definition) is 4. The summed E-state index contributed by atoms with van der Waals surface area (Å²) < 4.78 is 12.9. The highest BCUT2D eigenvalue weighted by Crippen LogP contribution is 2.29. The van der Waals surface area contributed by atoms with Gasteiger partial charge in [-0.15, -0.1) is 10.2 Å². The van der Waals surface area contributed by atoms with Gasteiger partial charge >= 0.3 is 0 Å². The lowest BCUT2D eigenvalue weighted by Crippen LogP contribution is -2.20. The number of nitrogens with zero attached hydrogens (tertiary/aromatic N) is 4. The molecule has 0 spiro atoms. The van der Waals surface area contributed by atoms with Crippen LogP contribution >= 0.6 is 23.2 Å². The summed E-state index contributed by atoms with van der Waals surface area (Å²) in [6.07, 6.45) is 0. The molecular weight excluding hydrogens is 356 g/mol. The third kappa shape index (κ3) is 3.69. The molecule has 122 valence electrons. The smallest absolute Gasteiger partial charge is 0.248 e. The number of tetrazole rings is 1. The van der Waals surface area contributed by atoms with Crippen molar-refractivity contribution < 1.29 is 9.18 Å². The maximum Gasteiger partial charge on any atom is 0.248 e. The Bertz CT molecular complexity index is 882. The number of carbonyl (C=O) groups is 1. The van der Waals surface area contributed by atoms with Crippen molar-refractivity contribution in [2.24, 2.45) is 0 Å². The molecular formula is C15H10Cl2FN5O. The average Bonchev–Trinajstić information content (AvgIpc) is 3.01. The maximum atomic E-state index is 12.9. The molecule has 24 heavy (non-hydrogen) atoms. The zero-order valence-electron chi connectivity index (χ0n) is 12.1. The Labute approximate surface area is 146 Å². The Kier molecular flexibility index (Phi) is 4.73. The van der Waals surface area contributed by atoms with E-state index in [2.05, 4.69) is 20.7 Å². The van der Waals surface area contributed by atoms with E-state index in [9.17, 15) is 9.18 Å². The summed E-state index contributed by atoms with van der Waals surface area (Å²) >= 11 is 11.9. The molecule has 0 unspecified atom stereocenters. The number of nitrogens with one attached hydrogen (secondary N) is 1. The van der Waals surface area contributed by atoms with Gasteiger partial charge in [0.1, 0.15) is 12.4 Å². The van der Waals surface area contributed by atoms with E-state index in [1.165, 1.54) is 24.3 Å². The zero-order chi connectivity index (χ0) is 17.1. The summed E-state index contributed by atoms with van der Waals surface area (Å²) in [4.78, 5) is 13.2. The lowest BCUT2D eigenvalue weighted by atomic mass is 10.2. The molecule has 0 atom stereocenters. The maximum absolute atomic E-state index is 12.9. The summed E-state index contributed by atoms with van der Waals surface area (Å²) in [5.41, 5.74) is 0.994. The van der Waals surface area contributed by atoms with E-state index in [0.29, 0.717) is 22.1 Å². The van der Waals surface area contributed by atoms with Crippen LogP contribution in [0, 0.1) is 5.82 Å². The van der Waals surface area contributed by atoms with Crippen LogP contribution in [0.25, 0.3) is 11.4 Å². The van der Waals surface area contributed by atoms with Gasteiger partial charge in [0.05, 0.1) is 15.7 Å². The zero-order valence-corrected chi connectivity index (χ0v) is 13.6. The molecule has 1 aromatic heterocycles. The standard InChI is InChI=1S/C15H10Cl2FN5O/c16-11-2-1-3-12(14(11)17)19-13(24)8-23-21-15(20-22-23)9-4-6-10(18)7-5-9/h1-7H,8H2,(H,19,24). The fourth-order valence-electron chi connectivity index (χ4n) is 1.94. The van der Waals surface area contributed by atoms with Gasteiger partial charge < -0.3 is 5.32 Å². The quantitative estimate of drug-likeness (QED) is 0.768. The summed E-state index contributed by atoms with van der Waals surface area (Å²) in [6, 6.07) is 10.6. The van der Waals surface area contributed by atoms with Crippen LogP contribution in [0.2, 0.25) is 10.0 Å². The van der Waals surface area contributed by atoms with E-state index in [1.54, 1.807) is 18.2 Å². The summed E-state index contributed by atoms with van der Waals surface area (Å²) in [6.45, 7) is -0.156. The Morgan fingerprint density at radius 3 is 2.67 bits per heavy atom. The van der Waals surface area contributed by atoms with Gasteiger partial charge in [-0.05, 0) is 41.6 Å². The fraction of sp³-hybridized carbons (Fsp3) is 0.0667. The first-order valence-corrected chi connectivity index (χ1v) is 7.56. The Morgan fingerprint density at radius 2 is 1.92 bits per heavy atom. The first-order valence-electron chi connectivity index (χ1n) is 6.80. The normalized spacial score (nSPS) is 10.6. The molecule has 1 N–H and O–H groups in total. The van der Waals surface area contributed by atoms with Crippen molar-refractivity contribution >= 4 is 34.8 Å². The van der Waals surface area contributed by atoms with Gasteiger partial charge in [0.15, 0.2) is 0 Å². The predicted octanol–water partition coefficient (Wildman–Crippen LogP) is 3.42. The number of anilines is 1. The van der Waals surface area contributed by atoms with Crippen molar-refractivity contribution in [1.29, 1.82) is 0 Å². The molecule has 0 aliphatic rings. The predicted molar refractivity (Wildman–Crippen MR) is 88.3 cm³/mol. The highest BCUT2D eigenvalue weighted by Gasteiger charge is 2.12. The molecule has 3 aromatic rings. The Balaban J connectivity index is 1.69. The molecule has 1 heterocycles. The van der Waals surface area contributed by atoms with E-state index in [-0.39, 0.29) is 23.3 Å². The third-order valence-electron chi connectivity index (χ3n) is 3.07. The highest BCUT2D eigenvalue weighted by atomic mass is 35.5. The monoisotopic (exact) mass is 365 g/mol. The van der Waals surface area contributed by atoms with Gasteiger partial charge in [0.2, 0.25) is 11.7 Å². The molecule has 2 aromatic carbocycles. The lowest BCUT2D eigenvalue weighted by Gasteiger charge is -2.07. The Hall–Kier alpha value is -2.51. The van der Waals surface area contributed by atoms with Gasteiger partial charge in [-0.1, -0.05) is 29.3 Å². The topological polar surface area (TPSA) is 72.7 Å². The van der Waals surface area contributed by atoms with Gasteiger partial charge in [-0.25, -0.2) is 4.39 Å². The second-order valence-corrected chi connectivity index (χ2v) is 5.59. The van der Waals surface area contributed by atoms with Crippen LogP contribution in [0.3, 0.4) is 0 Å². The second-order valence-electron chi connectivity index (χ2n) is 4.80.